The van der Waals surface area contributed by atoms with Gasteiger partial charge < -0.3 is 10.6 Å². The highest BCUT2D eigenvalue weighted by Crippen LogP contribution is 2.17. The van der Waals surface area contributed by atoms with Crippen molar-refractivity contribution < 1.29 is 9.59 Å². The molecule has 0 aromatic rings. The average molecular weight is 156 g/mol. The second-order valence-corrected chi connectivity index (χ2v) is 2.64. The van der Waals surface area contributed by atoms with E-state index in [1.54, 1.807) is 0 Å². The number of rotatable bonds is 2. The maximum absolute atomic E-state index is 11.0. The second-order valence-electron chi connectivity index (χ2n) is 2.64. The maximum atomic E-state index is 11.0. The molecule has 0 unspecified atom stereocenters. The summed E-state index contributed by atoms with van der Waals surface area (Å²) in [6.07, 6.45) is 1.05. The van der Waals surface area contributed by atoms with Crippen LogP contribution in [0.5, 0.6) is 0 Å². The van der Waals surface area contributed by atoms with Crippen molar-refractivity contribution >= 4 is 11.8 Å². The quantitative estimate of drug-likeness (QED) is 0.584. The molecule has 0 aromatic heterocycles. The summed E-state index contributed by atoms with van der Waals surface area (Å²) in [4.78, 5) is 23.3. The lowest BCUT2D eigenvalue weighted by atomic mass is 10.2. The lowest BCUT2D eigenvalue weighted by Gasteiger charge is -2.19. The number of nitrogens with zero attached hydrogens (tertiary/aromatic N) is 1. The van der Waals surface area contributed by atoms with Crippen molar-refractivity contribution in [2.45, 2.75) is 25.8 Å². The van der Waals surface area contributed by atoms with Crippen molar-refractivity contribution in [2.75, 3.05) is 6.54 Å². The molecule has 1 atom stereocenters. The molecule has 0 aromatic carbocycles. The zero-order valence-electron chi connectivity index (χ0n) is 6.54. The summed E-state index contributed by atoms with van der Waals surface area (Å²) in [6, 6.07) is -0.354. The Morgan fingerprint density at radius 3 is 2.82 bits per heavy atom. The summed E-state index contributed by atoms with van der Waals surface area (Å²) in [6.45, 7) is 2.42. The first-order valence-corrected chi connectivity index (χ1v) is 3.75. The van der Waals surface area contributed by atoms with Crippen LogP contribution in [0.4, 0.5) is 0 Å². The molecular weight excluding hydrogens is 144 g/mol. The molecule has 0 saturated carbocycles. The van der Waals surface area contributed by atoms with Crippen LogP contribution in [-0.4, -0.2) is 29.3 Å². The van der Waals surface area contributed by atoms with Crippen LogP contribution in [0.15, 0.2) is 0 Å². The van der Waals surface area contributed by atoms with Crippen LogP contribution in [0.3, 0.4) is 0 Å². The Morgan fingerprint density at radius 1 is 1.82 bits per heavy atom. The van der Waals surface area contributed by atoms with E-state index < -0.39 is 5.91 Å². The van der Waals surface area contributed by atoms with Crippen molar-refractivity contribution in [1.29, 1.82) is 0 Å². The molecule has 1 rings (SSSR count). The van der Waals surface area contributed by atoms with E-state index in [-0.39, 0.29) is 11.9 Å². The van der Waals surface area contributed by atoms with Crippen LogP contribution >= 0.6 is 0 Å². The number of carbonyl (C=O) groups is 2. The topological polar surface area (TPSA) is 63.4 Å². The van der Waals surface area contributed by atoms with Gasteiger partial charge in [-0.3, -0.25) is 9.59 Å². The van der Waals surface area contributed by atoms with Gasteiger partial charge in [-0.25, -0.2) is 0 Å². The van der Waals surface area contributed by atoms with Crippen LogP contribution < -0.4 is 5.73 Å². The van der Waals surface area contributed by atoms with Gasteiger partial charge in [-0.15, -0.1) is 0 Å². The van der Waals surface area contributed by atoms with Gasteiger partial charge in [-0.05, 0) is 13.3 Å². The van der Waals surface area contributed by atoms with Gasteiger partial charge in [0, 0.05) is 13.0 Å². The minimum Gasteiger partial charge on any atom is -0.368 e. The number of hydrogen-bond donors (Lipinski definition) is 1. The lowest BCUT2D eigenvalue weighted by molar-refractivity contribution is -0.133. The molecule has 4 nitrogen and oxygen atoms in total. The lowest BCUT2D eigenvalue weighted by Crippen LogP contribution is -2.41. The molecule has 1 heterocycles. The van der Waals surface area contributed by atoms with Gasteiger partial charge in [0.2, 0.25) is 11.8 Å². The van der Waals surface area contributed by atoms with Gasteiger partial charge in [0.05, 0.1) is 0 Å². The third-order valence-corrected chi connectivity index (χ3v) is 2.00. The number of nitrogens with two attached hydrogens (primary N) is 1. The van der Waals surface area contributed by atoms with Crippen molar-refractivity contribution in [1.82, 2.24) is 4.90 Å². The van der Waals surface area contributed by atoms with E-state index in [0.717, 1.165) is 0 Å². The summed E-state index contributed by atoms with van der Waals surface area (Å²) in [7, 11) is 0. The van der Waals surface area contributed by atoms with Crippen molar-refractivity contribution in [3.8, 4) is 0 Å². The Labute approximate surface area is 65.3 Å². The predicted molar refractivity (Wildman–Crippen MR) is 39.6 cm³/mol. The Balaban J connectivity index is 2.68. The van der Waals surface area contributed by atoms with Crippen molar-refractivity contribution in [3.05, 3.63) is 0 Å². The smallest absolute Gasteiger partial charge is 0.240 e. The predicted octanol–water partition coefficient (Wildman–Crippen LogP) is -0.517. The minimum atomic E-state index is -0.391. The molecule has 0 aliphatic carbocycles. The van der Waals surface area contributed by atoms with Crippen LogP contribution in [0.2, 0.25) is 0 Å². The first-order chi connectivity index (χ1) is 5.16. The van der Waals surface area contributed by atoms with E-state index in [0.29, 0.717) is 19.4 Å². The Kier molecular flexibility index (Phi) is 2.12. The Morgan fingerprint density at radius 2 is 2.45 bits per heavy atom. The highest BCUT2D eigenvalue weighted by molar-refractivity contribution is 5.89. The van der Waals surface area contributed by atoms with Crippen LogP contribution in [0, 0.1) is 0 Å². The van der Waals surface area contributed by atoms with E-state index >= 15 is 0 Å². The largest absolute Gasteiger partial charge is 0.368 e. The van der Waals surface area contributed by atoms with Gasteiger partial charge in [0.25, 0.3) is 0 Å². The highest BCUT2D eigenvalue weighted by atomic mass is 16.2. The third kappa shape index (κ3) is 1.34. The fourth-order valence-electron chi connectivity index (χ4n) is 1.43. The highest BCUT2D eigenvalue weighted by Gasteiger charge is 2.33. The Bertz CT molecular complexity index is 191. The average Bonchev–Trinajstić information content (AvgIpc) is 2.30. The molecule has 2 amide bonds. The fourth-order valence-corrected chi connectivity index (χ4v) is 1.43. The number of primary amides is 1. The normalized spacial score (nSPS) is 24.3. The van der Waals surface area contributed by atoms with Gasteiger partial charge in [0.1, 0.15) is 6.04 Å². The first kappa shape index (κ1) is 8.04. The van der Waals surface area contributed by atoms with E-state index in [1.807, 2.05) is 6.92 Å². The number of likely N-dealkylation sites (tertiary alicyclic amines) is 1. The molecule has 11 heavy (non-hydrogen) atoms. The molecule has 1 fully saturated rings. The summed E-state index contributed by atoms with van der Waals surface area (Å²) >= 11 is 0. The van der Waals surface area contributed by atoms with Crippen molar-refractivity contribution in [3.63, 3.8) is 0 Å². The number of amides is 2. The van der Waals surface area contributed by atoms with Crippen molar-refractivity contribution in [2.24, 2.45) is 5.73 Å². The summed E-state index contributed by atoms with van der Waals surface area (Å²) in [5.74, 6) is -0.353. The van der Waals surface area contributed by atoms with Gasteiger partial charge in [0.15, 0.2) is 0 Å². The number of likely N-dealkylation sites (N-methyl/N-ethyl adjacent to an activating group) is 1. The number of hydrogen-bond acceptors (Lipinski definition) is 2. The second kappa shape index (κ2) is 2.90. The summed E-state index contributed by atoms with van der Waals surface area (Å²) in [5.41, 5.74) is 5.09. The maximum Gasteiger partial charge on any atom is 0.240 e. The summed E-state index contributed by atoms with van der Waals surface area (Å²) < 4.78 is 0. The molecule has 0 radical (unpaired) electrons. The fraction of sp³-hybridized carbons (Fsp3) is 0.714. The monoisotopic (exact) mass is 156 g/mol. The van der Waals surface area contributed by atoms with E-state index in [4.69, 9.17) is 5.73 Å². The molecule has 1 aliphatic heterocycles. The zero-order valence-corrected chi connectivity index (χ0v) is 6.54. The SMILES string of the molecule is CCN1C(=O)CC[C@@H]1C(N)=O. The van der Waals surface area contributed by atoms with Gasteiger partial charge >= 0.3 is 0 Å². The van der Waals surface area contributed by atoms with Crippen LogP contribution in [-0.2, 0) is 9.59 Å². The minimum absolute atomic E-state index is 0.0382. The van der Waals surface area contributed by atoms with Gasteiger partial charge in [-0.2, -0.15) is 0 Å². The molecule has 0 bridgehead atoms. The third-order valence-electron chi connectivity index (χ3n) is 2.00. The van der Waals surface area contributed by atoms with Crippen LogP contribution in [0.1, 0.15) is 19.8 Å². The molecule has 0 spiro atoms. The Hall–Kier alpha value is -1.06. The van der Waals surface area contributed by atoms with E-state index in [9.17, 15) is 9.59 Å². The summed E-state index contributed by atoms with van der Waals surface area (Å²) in [5, 5.41) is 0. The molecule has 2 N–H and O–H groups in total. The molecule has 1 saturated heterocycles. The molecule has 4 heteroatoms. The number of carbonyl (C=O) groups excluding carboxylic acids is 2. The standard InChI is InChI=1S/C7H12N2O2/c1-2-9-5(7(8)11)3-4-6(9)10/h5H,2-4H2,1H3,(H2,8,11)/t5-/m1/s1. The molecular formula is C7H12N2O2. The van der Waals surface area contributed by atoms with E-state index in [2.05, 4.69) is 0 Å². The first-order valence-electron chi connectivity index (χ1n) is 3.75. The van der Waals surface area contributed by atoms with E-state index in [1.165, 1.54) is 4.90 Å². The zero-order chi connectivity index (χ0) is 8.43. The van der Waals surface area contributed by atoms with Crippen LogP contribution in [0.25, 0.3) is 0 Å². The molecule has 62 valence electrons. The van der Waals surface area contributed by atoms with Gasteiger partial charge in [-0.1, -0.05) is 0 Å². The molecule has 1 aliphatic rings.